The maximum atomic E-state index is 12.5. The van der Waals surface area contributed by atoms with Crippen LogP contribution in [0.25, 0.3) is 11.2 Å². The van der Waals surface area contributed by atoms with Gasteiger partial charge in [-0.2, -0.15) is 0 Å². The SMILES string of the molecule is CCn1c(CC2CCN(C(=O)C3CCOC3)C2)nc2cccnc21. The van der Waals surface area contributed by atoms with E-state index in [0.717, 1.165) is 62.5 Å². The van der Waals surface area contributed by atoms with Crippen LogP contribution < -0.4 is 0 Å². The Labute approximate surface area is 141 Å². The van der Waals surface area contributed by atoms with E-state index in [1.165, 1.54) is 0 Å². The summed E-state index contributed by atoms with van der Waals surface area (Å²) in [5.74, 6) is 1.93. The van der Waals surface area contributed by atoms with E-state index in [0.29, 0.717) is 12.5 Å². The van der Waals surface area contributed by atoms with E-state index in [1.807, 2.05) is 23.2 Å². The molecule has 1 amide bonds. The first-order valence-corrected chi connectivity index (χ1v) is 8.93. The molecule has 0 radical (unpaired) electrons. The number of aryl methyl sites for hydroxylation is 1. The molecule has 2 aromatic heterocycles. The zero-order chi connectivity index (χ0) is 16.5. The highest BCUT2D eigenvalue weighted by atomic mass is 16.5. The van der Waals surface area contributed by atoms with Crippen LogP contribution in [0.3, 0.4) is 0 Å². The van der Waals surface area contributed by atoms with Crippen molar-refractivity contribution in [3.8, 4) is 0 Å². The van der Waals surface area contributed by atoms with Gasteiger partial charge in [0, 0.05) is 38.9 Å². The highest BCUT2D eigenvalue weighted by molar-refractivity contribution is 5.79. The number of likely N-dealkylation sites (tertiary alicyclic amines) is 1. The number of aromatic nitrogens is 3. The molecule has 128 valence electrons. The molecule has 0 spiro atoms. The molecule has 4 rings (SSSR count). The molecule has 2 aliphatic rings. The first-order chi connectivity index (χ1) is 11.8. The van der Waals surface area contributed by atoms with Crippen LogP contribution in [0.5, 0.6) is 0 Å². The average Bonchev–Trinajstić information content (AvgIpc) is 3.34. The molecular weight excluding hydrogens is 304 g/mol. The van der Waals surface area contributed by atoms with Gasteiger partial charge < -0.3 is 14.2 Å². The minimum Gasteiger partial charge on any atom is -0.381 e. The minimum absolute atomic E-state index is 0.0770. The van der Waals surface area contributed by atoms with Crippen molar-refractivity contribution in [3.63, 3.8) is 0 Å². The summed E-state index contributed by atoms with van der Waals surface area (Å²) in [7, 11) is 0. The van der Waals surface area contributed by atoms with Crippen LogP contribution in [0.2, 0.25) is 0 Å². The monoisotopic (exact) mass is 328 g/mol. The Kier molecular flexibility index (Phi) is 4.22. The first kappa shape index (κ1) is 15.6. The average molecular weight is 328 g/mol. The number of carbonyl (C=O) groups excluding carboxylic acids is 1. The number of hydrogen-bond donors (Lipinski definition) is 0. The molecule has 24 heavy (non-hydrogen) atoms. The van der Waals surface area contributed by atoms with E-state index in [-0.39, 0.29) is 11.8 Å². The summed E-state index contributed by atoms with van der Waals surface area (Å²) in [6, 6.07) is 3.95. The van der Waals surface area contributed by atoms with E-state index in [2.05, 4.69) is 16.5 Å². The van der Waals surface area contributed by atoms with E-state index in [9.17, 15) is 4.79 Å². The number of amides is 1. The molecule has 0 aromatic carbocycles. The fraction of sp³-hybridized carbons (Fsp3) is 0.611. The molecule has 0 saturated carbocycles. The largest absolute Gasteiger partial charge is 0.381 e. The van der Waals surface area contributed by atoms with Crippen LogP contribution in [-0.2, 0) is 22.5 Å². The number of nitrogens with zero attached hydrogens (tertiary/aromatic N) is 4. The van der Waals surface area contributed by atoms with Gasteiger partial charge in [0.2, 0.25) is 5.91 Å². The van der Waals surface area contributed by atoms with Gasteiger partial charge in [-0.25, -0.2) is 9.97 Å². The summed E-state index contributed by atoms with van der Waals surface area (Å²) in [6.07, 6.45) is 4.66. The van der Waals surface area contributed by atoms with Crippen molar-refractivity contribution >= 4 is 17.1 Å². The summed E-state index contributed by atoms with van der Waals surface area (Å²) in [6.45, 7) is 6.03. The number of carbonyl (C=O) groups is 1. The van der Waals surface area contributed by atoms with Gasteiger partial charge in [0.25, 0.3) is 0 Å². The molecule has 0 aliphatic carbocycles. The van der Waals surface area contributed by atoms with Gasteiger partial charge in [-0.15, -0.1) is 0 Å². The summed E-state index contributed by atoms with van der Waals surface area (Å²) in [5, 5.41) is 0. The third-order valence-corrected chi connectivity index (χ3v) is 5.25. The van der Waals surface area contributed by atoms with Gasteiger partial charge in [-0.1, -0.05) is 0 Å². The van der Waals surface area contributed by atoms with Crippen molar-refractivity contribution in [2.75, 3.05) is 26.3 Å². The van der Waals surface area contributed by atoms with Crippen molar-refractivity contribution in [2.24, 2.45) is 11.8 Å². The van der Waals surface area contributed by atoms with Crippen LogP contribution in [0.4, 0.5) is 0 Å². The molecule has 0 N–H and O–H groups in total. The number of imidazole rings is 1. The van der Waals surface area contributed by atoms with Crippen LogP contribution in [0, 0.1) is 11.8 Å². The van der Waals surface area contributed by atoms with Gasteiger partial charge in [0.15, 0.2) is 5.65 Å². The van der Waals surface area contributed by atoms with Crippen molar-refractivity contribution < 1.29 is 9.53 Å². The molecule has 2 aromatic rings. The summed E-state index contributed by atoms with van der Waals surface area (Å²) in [4.78, 5) is 23.8. The standard InChI is InChI=1S/C18H24N4O2/c1-2-22-16(20-15-4-3-7-19-17(15)22)10-13-5-8-21(11-13)18(23)14-6-9-24-12-14/h3-4,7,13-14H,2,5-6,8-12H2,1H3. The van der Waals surface area contributed by atoms with Gasteiger partial charge in [-0.3, -0.25) is 4.79 Å². The predicted octanol–water partition coefficient (Wildman–Crippen LogP) is 1.88. The first-order valence-electron chi connectivity index (χ1n) is 8.93. The van der Waals surface area contributed by atoms with Crippen molar-refractivity contribution in [3.05, 3.63) is 24.2 Å². The molecule has 2 atom stereocenters. The number of rotatable bonds is 4. The lowest BCUT2D eigenvalue weighted by atomic mass is 10.0. The quantitative estimate of drug-likeness (QED) is 0.860. The lowest BCUT2D eigenvalue weighted by molar-refractivity contribution is -0.134. The van der Waals surface area contributed by atoms with Crippen molar-refractivity contribution in [1.29, 1.82) is 0 Å². The minimum atomic E-state index is 0.0770. The van der Waals surface area contributed by atoms with Gasteiger partial charge in [-0.05, 0) is 37.8 Å². The summed E-state index contributed by atoms with van der Waals surface area (Å²) < 4.78 is 7.56. The van der Waals surface area contributed by atoms with E-state index in [4.69, 9.17) is 9.72 Å². The zero-order valence-electron chi connectivity index (χ0n) is 14.1. The van der Waals surface area contributed by atoms with E-state index >= 15 is 0 Å². The Bertz CT molecular complexity index is 736. The molecule has 4 heterocycles. The predicted molar refractivity (Wildman–Crippen MR) is 90.5 cm³/mol. The maximum Gasteiger partial charge on any atom is 0.228 e. The topological polar surface area (TPSA) is 60.2 Å². The Balaban J connectivity index is 1.46. The Hall–Kier alpha value is -1.95. The van der Waals surface area contributed by atoms with E-state index in [1.54, 1.807) is 0 Å². The lowest BCUT2D eigenvalue weighted by Gasteiger charge is -2.19. The molecule has 0 bridgehead atoms. The Morgan fingerprint density at radius 1 is 1.42 bits per heavy atom. The number of ether oxygens (including phenoxy) is 1. The highest BCUT2D eigenvalue weighted by Gasteiger charge is 2.33. The van der Waals surface area contributed by atoms with Crippen LogP contribution >= 0.6 is 0 Å². The maximum absolute atomic E-state index is 12.5. The molecule has 6 heteroatoms. The van der Waals surface area contributed by atoms with Gasteiger partial charge in [0.05, 0.1) is 12.5 Å². The lowest BCUT2D eigenvalue weighted by Crippen LogP contribution is -2.34. The van der Waals surface area contributed by atoms with Crippen molar-refractivity contribution in [1.82, 2.24) is 19.4 Å². The second-order valence-corrected chi connectivity index (χ2v) is 6.82. The van der Waals surface area contributed by atoms with Crippen LogP contribution in [0.1, 0.15) is 25.6 Å². The Morgan fingerprint density at radius 2 is 2.33 bits per heavy atom. The van der Waals surface area contributed by atoms with Crippen LogP contribution in [0.15, 0.2) is 18.3 Å². The number of hydrogen-bond acceptors (Lipinski definition) is 4. The second kappa shape index (κ2) is 6.51. The third kappa shape index (κ3) is 2.79. The molecule has 2 saturated heterocycles. The molecule has 2 aliphatic heterocycles. The summed E-state index contributed by atoms with van der Waals surface area (Å²) in [5.41, 5.74) is 1.92. The fourth-order valence-corrected chi connectivity index (χ4v) is 3.94. The molecule has 6 nitrogen and oxygen atoms in total. The number of fused-ring (bicyclic) bond motifs is 1. The summed E-state index contributed by atoms with van der Waals surface area (Å²) >= 11 is 0. The van der Waals surface area contributed by atoms with Crippen molar-refractivity contribution in [2.45, 2.75) is 32.7 Å². The fourth-order valence-electron chi connectivity index (χ4n) is 3.94. The van der Waals surface area contributed by atoms with Gasteiger partial charge >= 0.3 is 0 Å². The molecular formula is C18H24N4O2. The molecule has 2 fully saturated rings. The van der Waals surface area contributed by atoms with Gasteiger partial charge in [0.1, 0.15) is 11.3 Å². The normalized spacial score (nSPS) is 24.1. The third-order valence-electron chi connectivity index (χ3n) is 5.25. The zero-order valence-corrected chi connectivity index (χ0v) is 14.1. The smallest absolute Gasteiger partial charge is 0.228 e. The Morgan fingerprint density at radius 3 is 3.12 bits per heavy atom. The second-order valence-electron chi connectivity index (χ2n) is 6.82. The number of pyridine rings is 1. The van der Waals surface area contributed by atoms with E-state index < -0.39 is 0 Å². The van der Waals surface area contributed by atoms with Crippen LogP contribution in [-0.4, -0.2) is 51.6 Å². The molecule has 2 unspecified atom stereocenters. The highest BCUT2D eigenvalue weighted by Crippen LogP contribution is 2.25.